The van der Waals surface area contributed by atoms with E-state index in [1.807, 2.05) is 0 Å². The van der Waals surface area contributed by atoms with Crippen molar-refractivity contribution < 1.29 is 24.0 Å². The van der Waals surface area contributed by atoms with Crippen LogP contribution in [0.2, 0.25) is 5.02 Å². The van der Waals surface area contributed by atoms with Crippen LogP contribution in [0.4, 0.5) is 11.4 Å². The largest absolute Gasteiger partial charge is 0.452 e. The van der Waals surface area contributed by atoms with Crippen molar-refractivity contribution in [2.75, 3.05) is 11.9 Å². The van der Waals surface area contributed by atoms with Crippen molar-refractivity contribution in [3.63, 3.8) is 0 Å². The van der Waals surface area contributed by atoms with Crippen LogP contribution in [-0.2, 0) is 9.53 Å². The molecule has 2 amide bonds. The van der Waals surface area contributed by atoms with Gasteiger partial charge in [0.1, 0.15) is 0 Å². The summed E-state index contributed by atoms with van der Waals surface area (Å²) in [6, 6.07) is 9.73. The molecule has 0 aromatic heterocycles. The number of esters is 1. The normalized spacial score (nSPS) is 14.4. The Bertz CT molecular complexity index is 1070. The van der Waals surface area contributed by atoms with Crippen LogP contribution in [0.5, 0.6) is 0 Å². The summed E-state index contributed by atoms with van der Waals surface area (Å²) in [6.45, 7) is -0.425. The molecule has 0 aliphatic heterocycles. The molecule has 1 aliphatic rings. The number of benzene rings is 2. The van der Waals surface area contributed by atoms with Crippen molar-refractivity contribution in [1.29, 1.82) is 0 Å². The Morgan fingerprint density at radius 2 is 1.68 bits per heavy atom. The van der Waals surface area contributed by atoms with Crippen LogP contribution in [0, 0.1) is 10.1 Å². The van der Waals surface area contributed by atoms with E-state index in [-0.39, 0.29) is 39.5 Å². The summed E-state index contributed by atoms with van der Waals surface area (Å²) in [4.78, 5) is 47.8. The van der Waals surface area contributed by atoms with E-state index in [1.54, 1.807) is 12.1 Å². The van der Waals surface area contributed by atoms with Gasteiger partial charge in [-0.25, -0.2) is 4.79 Å². The van der Waals surface area contributed by atoms with Gasteiger partial charge in [0.2, 0.25) is 0 Å². The molecule has 2 N–H and O–H groups in total. The summed E-state index contributed by atoms with van der Waals surface area (Å²) < 4.78 is 5.18. The number of nitro groups is 1. The average Bonchev–Trinajstić information content (AvgIpc) is 2.79. The lowest BCUT2D eigenvalue weighted by molar-refractivity contribution is -0.384. The van der Waals surface area contributed by atoms with Gasteiger partial charge in [0.15, 0.2) is 6.61 Å². The first-order valence-corrected chi connectivity index (χ1v) is 11.5. The number of carbonyl (C=O) groups excluding carboxylic acids is 3. The third kappa shape index (κ3) is 7.02. The number of nitrogens with zero attached hydrogens (tertiary/aromatic N) is 1. The molecule has 0 saturated heterocycles. The molecule has 0 radical (unpaired) electrons. The zero-order chi connectivity index (χ0) is 24.5. The van der Waals surface area contributed by atoms with Crippen LogP contribution >= 0.6 is 11.6 Å². The lowest BCUT2D eigenvalue weighted by Crippen LogP contribution is -2.38. The van der Waals surface area contributed by atoms with E-state index in [9.17, 15) is 24.5 Å². The Balaban J connectivity index is 1.60. The quantitative estimate of drug-likeness (QED) is 0.325. The van der Waals surface area contributed by atoms with Crippen molar-refractivity contribution in [2.45, 2.75) is 51.0 Å². The van der Waals surface area contributed by atoms with E-state index in [0.717, 1.165) is 50.7 Å². The molecule has 0 unspecified atom stereocenters. The van der Waals surface area contributed by atoms with Gasteiger partial charge in [-0.3, -0.25) is 19.7 Å². The summed E-state index contributed by atoms with van der Waals surface area (Å²) >= 11 is 6.02. The number of carbonyl (C=O) groups is 3. The van der Waals surface area contributed by atoms with Crippen LogP contribution in [0.1, 0.15) is 65.7 Å². The van der Waals surface area contributed by atoms with Crippen LogP contribution in [-0.4, -0.2) is 35.4 Å². The number of anilines is 1. The van der Waals surface area contributed by atoms with Crippen molar-refractivity contribution in [1.82, 2.24) is 5.32 Å². The van der Waals surface area contributed by atoms with E-state index in [1.165, 1.54) is 24.6 Å². The van der Waals surface area contributed by atoms with Crippen LogP contribution < -0.4 is 10.6 Å². The number of para-hydroxylation sites is 1. The highest BCUT2D eigenvalue weighted by molar-refractivity contribution is 6.34. The van der Waals surface area contributed by atoms with Crippen molar-refractivity contribution in [2.24, 2.45) is 0 Å². The molecule has 1 aliphatic carbocycles. The Hall–Kier alpha value is -3.46. The van der Waals surface area contributed by atoms with Gasteiger partial charge < -0.3 is 15.4 Å². The molecular formula is C24H26ClN3O6. The number of halogens is 1. The highest BCUT2D eigenvalue weighted by atomic mass is 35.5. The second-order valence-corrected chi connectivity index (χ2v) is 8.51. The number of ether oxygens (including phenoxy) is 1. The average molecular weight is 488 g/mol. The van der Waals surface area contributed by atoms with Gasteiger partial charge in [-0.05, 0) is 31.0 Å². The molecule has 0 atom stereocenters. The molecule has 1 fully saturated rings. The van der Waals surface area contributed by atoms with Gasteiger partial charge in [0, 0.05) is 18.2 Å². The zero-order valence-corrected chi connectivity index (χ0v) is 19.3. The third-order valence-electron chi connectivity index (χ3n) is 5.61. The fraction of sp³-hybridized carbons (Fsp3) is 0.375. The topological polar surface area (TPSA) is 128 Å². The molecule has 9 nitrogen and oxygen atoms in total. The standard InChI is InChI=1S/C24H26ClN3O6/c25-20-14-17(28(32)33)12-13-18(20)23(30)27-21-11-7-6-10-19(21)24(31)34-15-22(29)26-16-8-4-2-1-3-5-9-16/h6-7,10-14,16H,1-5,8-9,15H2,(H,26,29)(H,27,30). The fourth-order valence-corrected chi connectivity index (χ4v) is 4.10. The van der Waals surface area contributed by atoms with E-state index in [2.05, 4.69) is 10.6 Å². The van der Waals surface area contributed by atoms with E-state index in [0.29, 0.717) is 0 Å². The molecule has 0 heterocycles. The molecule has 180 valence electrons. The van der Waals surface area contributed by atoms with E-state index < -0.39 is 23.4 Å². The van der Waals surface area contributed by atoms with Crippen molar-refractivity contribution in [3.05, 3.63) is 68.7 Å². The number of nitrogens with one attached hydrogen (secondary N) is 2. The highest BCUT2D eigenvalue weighted by Crippen LogP contribution is 2.24. The molecule has 0 bridgehead atoms. The Kier molecular flexibility index (Phi) is 8.98. The number of hydrogen-bond donors (Lipinski definition) is 2. The fourth-order valence-electron chi connectivity index (χ4n) is 3.84. The van der Waals surface area contributed by atoms with Crippen LogP contribution in [0.25, 0.3) is 0 Å². The lowest BCUT2D eigenvalue weighted by Gasteiger charge is -2.21. The second-order valence-electron chi connectivity index (χ2n) is 8.11. The van der Waals surface area contributed by atoms with Crippen molar-refractivity contribution in [3.8, 4) is 0 Å². The monoisotopic (exact) mass is 487 g/mol. The molecule has 2 aromatic carbocycles. The van der Waals surface area contributed by atoms with Gasteiger partial charge in [0.05, 0.1) is 26.8 Å². The van der Waals surface area contributed by atoms with Gasteiger partial charge in [-0.2, -0.15) is 0 Å². The molecular weight excluding hydrogens is 462 g/mol. The first-order chi connectivity index (χ1) is 16.3. The molecule has 34 heavy (non-hydrogen) atoms. The Morgan fingerprint density at radius 3 is 2.35 bits per heavy atom. The summed E-state index contributed by atoms with van der Waals surface area (Å²) in [5.41, 5.74) is -0.0165. The maximum atomic E-state index is 12.6. The lowest BCUT2D eigenvalue weighted by atomic mass is 9.97. The molecule has 10 heteroatoms. The maximum absolute atomic E-state index is 12.6. The molecule has 2 aromatic rings. The SMILES string of the molecule is O=C(COC(=O)c1ccccc1NC(=O)c1ccc([N+](=O)[O-])cc1Cl)NC1CCCCCCC1. The summed E-state index contributed by atoms with van der Waals surface area (Å²) in [5.74, 6) is -1.78. The van der Waals surface area contributed by atoms with E-state index in [4.69, 9.17) is 16.3 Å². The number of nitro benzene ring substituents is 1. The molecule has 3 rings (SSSR count). The van der Waals surface area contributed by atoms with Gasteiger partial charge in [-0.1, -0.05) is 55.8 Å². The smallest absolute Gasteiger partial charge is 0.340 e. The second kappa shape index (κ2) is 12.1. The van der Waals surface area contributed by atoms with Gasteiger partial charge in [-0.15, -0.1) is 0 Å². The summed E-state index contributed by atoms with van der Waals surface area (Å²) in [6.07, 6.45) is 7.52. The molecule has 1 saturated carbocycles. The van der Waals surface area contributed by atoms with Crippen molar-refractivity contribution >= 4 is 40.8 Å². The first-order valence-electron chi connectivity index (χ1n) is 11.2. The van der Waals surface area contributed by atoms with Crippen LogP contribution in [0.15, 0.2) is 42.5 Å². The number of non-ortho nitro benzene ring substituents is 1. The molecule has 0 spiro atoms. The maximum Gasteiger partial charge on any atom is 0.340 e. The number of rotatable bonds is 7. The van der Waals surface area contributed by atoms with Gasteiger partial charge >= 0.3 is 5.97 Å². The third-order valence-corrected chi connectivity index (χ3v) is 5.92. The minimum atomic E-state index is -0.765. The Morgan fingerprint density at radius 1 is 1.00 bits per heavy atom. The predicted octanol–water partition coefficient (Wildman–Crippen LogP) is 4.89. The summed E-state index contributed by atoms with van der Waals surface area (Å²) in [7, 11) is 0. The highest BCUT2D eigenvalue weighted by Gasteiger charge is 2.20. The first kappa shape index (κ1) is 25.2. The van der Waals surface area contributed by atoms with Gasteiger partial charge in [0.25, 0.3) is 17.5 Å². The minimum absolute atomic E-state index is 0.00835. The number of amides is 2. The zero-order valence-electron chi connectivity index (χ0n) is 18.6. The Labute approximate surface area is 202 Å². The summed E-state index contributed by atoms with van der Waals surface area (Å²) in [5, 5.41) is 16.3. The number of hydrogen-bond acceptors (Lipinski definition) is 6. The van der Waals surface area contributed by atoms with E-state index >= 15 is 0 Å². The predicted molar refractivity (Wildman–Crippen MR) is 127 cm³/mol. The minimum Gasteiger partial charge on any atom is -0.452 e. The van der Waals surface area contributed by atoms with Crippen LogP contribution in [0.3, 0.4) is 0 Å².